The third kappa shape index (κ3) is 3.52. The molecule has 0 aliphatic carbocycles. The number of piperidine rings is 1. The fourth-order valence-electron chi connectivity index (χ4n) is 3.93. The fraction of sp³-hybridized carbons (Fsp3) is 0.667. The smallest absolute Gasteiger partial charge is 0.0250 e. The van der Waals surface area contributed by atoms with Gasteiger partial charge < -0.3 is 0 Å². The lowest BCUT2D eigenvalue weighted by atomic mass is 9.91. The Morgan fingerprint density at radius 3 is 2.76 bits per heavy atom. The maximum absolute atomic E-state index is 3.71. The summed E-state index contributed by atoms with van der Waals surface area (Å²) in [6.07, 6.45) is 4.19. The summed E-state index contributed by atoms with van der Waals surface area (Å²) >= 11 is 3.71. The van der Waals surface area contributed by atoms with Crippen LogP contribution in [0.1, 0.15) is 38.7 Å². The summed E-state index contributed by atoms with van der Waals surface area (Å²) in [5.74, 6) is 0.718. The van der Waals surface area contributed by atoms with Crippen molar-refractivity contribution in [1.29, 1.82) is 0 Å². The zero-order valence-corrected chi connectivity index (χ0v) is 14.8. The van der Waals surface area contributed by atoms with Gasteiger partial charge in [0.05, 0.1) is 0 Å². The molecule has 3 rings (SSSR count). The lowest BCUT2D eigenvalue weighted by Gasteiger charge is -2.50. The van der Waals surface area contributed by atoms with E-state index in [4.69, 9.17) is 0 Å². The van der Waals surface area contributed by atoms with Gasteiger partial charge in [0.2, 0.25) is 0 Å². The summed E-state index contributed by atoms with van der Waals surface area (Å²) in [6.45, 7) is 9.65. The van der Waals surface area contributed by atoms with Gasteiger partial charge in [-0.1, -0.05) is 54.4 Å². The van der Waals surface area contributed by atoms with Gasteiger partial charge in [-0.15, -0.1) is 0 Å². The van der Waals surface area contributed by atoms with Gasteiger partial charge in [-0.25, -0.2) is 0 Å². The Bertz CT molecular complexity index is 474. The summed E-state index contributed by atoms with van der Waals surface area (Å²) in [6, 6.07) is 10.2. The van der Waals surface area contributed by atoms with Crippen molar-refractivity contribution in [3.63, 3.8) is 0 Å². The Balaban J connectivity index is 1.76. The molecule has 116 valence electrons. The van der Waals surface area contributed by atoms with Crippen LogP contribution >= 0.6 is 15.9 Å². The third-order valence-electron chi connectivity index (χ3n) is 5.19. The van der Waals surface area contributed by atoms with Crippen molar-refractivity contribution in [2.45, 2.75) is 51.7 Å². The number of piperazine rings is 1. The van der Waals surface area contributed by atoms with Crippen LogP contribution in [0.15, 0.2) is 28.7 Å². The van der Waals surface area contributed by atoms with E-state index < -0.39 is 0 Å². The number of halogens is 1. The van der Waals surface area contributed by atoms with Crippen molar-refractivity contribution < 1.29 is 0 Å². The van der Waals surface area contributed by atoms with E-state index in [1.165, 1.54) is 48.9 Å². The number of hydrogen-bond acceptors (Lipinski definition) is 2. The highest BCUT2D eigenvalue weighted by Crippen LogP contribution is 2.29. The second-order valence-electron chi connectivity index (χ2n) is 6.98. The van der Waals surface area contributed by atoms with E-state index in [0.717, 1.165) is 18.5 Å². The average molecular weight is 351 g/mol. The molecule has 1 aromatic carbocycles. The molecule has 2 atom stereocenters. The van der Waals surface area contributed by atoms with Crippen LogP contribution in [0, 0.1) is 5.92 Å². The topological polar surface area (TPSA) is 6.48 Å². The number of benzene rings is 1. The van der Waals surface area contributed by atoms with Crippen LogP contribution < -0.4 is 0 Å². The van der Waals surface area contributed by atoms with Gasteiger partial charge >= 0.3 is 0 Å². The fourth-order valence-corrected chi connectivity index (χ4v) is 4.34. The van der Waals surface area contributed by atoms with Crippen LogP contribution in [-0.2, 0) is 6.54 Å². The first-order chi connectivity index (χ1) is 10.1. The molecule has 0 spiro atoms. The van der Waals surface area contributed by atoms with Gasteiger partial charge in [0.25, 0.3) is 0 Å². The lowest BCUT2D eigenvalue weighted by molar-refractivity contribution is -0.0119. The molecule has 0 N–H and O–H groups in total. The lowest BCUT2D eigenvalue weighted by Crippen LogP contribution is -2.60. The average Bonchev–Trinajstić information content (AvgIpc) is 2.48. The first-order valence-electron chi connectivity index (χ1n) is 8.36. The van der Waals surface area contributed by atoms with Crippen molar-refractivity contribution in [2.75, 3.05) is 19.6 Å². The Morgan fingerprint density at radius 1 is 1.19 bits per heavy atom. The largest absolute Gasteiger partial charge is 0.298 e. The second-order valence-corrected chi connectivity index (χ2v) is 7.83. The van der Waals surface area contributed by atoms with E-state index >= 15 is 0 Å². The van der Waals surface area contributed by atoms with Gasteiger partial charge in [-0.3, -0.25) is 9.80 Å². The second kappa shape index (κ2) is 6.80. The normalized spacial score (nSPS) is 27.8. The molecule has 3 heteroatoms. The SMILES string of the molecule is CC(C)C1CN2CCCCC2CN1Cc1ccccc1Br. The third-order valence-corrected chi connectivity index (χ3v) is 5.96. The molecule has 0 amide bonds. The Morgan fingerprint density at radius 2 is 2.00 bits per heavy atom. The predicted molar refractivity (Wildman–Crippen MR) is 92.4 cm³/mol. The molecule has 2 heterocycles. The van der Waals surface area contributed by atoms with E-state index in [2.05, 4.69) is 63.8 Å². The molecule has 1 aromatic rings. The molecular weight excluding hydrogens is 324 g/mol. The zero-order chi connectivity index (χ0) is 14.8. The monoisotopic (exact) mass is 350 g/mol. The molecule has 0 saturated carbocycles. The molecule has 21 heavy (non-hydrogen) atoms. The number of fused-ring (bicyclic) bond motifs is 1. The molecule has 0 bridgehead atoms. The number of hydrogen-bond donors (Lipinski definition) is 0. The quantitative estimate of drug-likeness (QED) is 0.807. The van der Waals surface area contributed by atoms with Crippen molar-refractivity contribution in [1.82, 2.24) is 9.80 Å². The molecule has 2 unspecified atom stereocenters. The highest BCUT2D eigenvalue weighted by Gasteiger charge is 2.36. The van der Waals surface area contributed by atoms with E-state index in [1.54, 1.807) is 0 Å². The van der Waals surface area contributed by atoms with Crippen LogP contribution in [0.4, 0.5) is 0 Å². The molecule has 0 aromatic heterocycles. The van der Waals surface area contributed by atoms with Gasteiger partial charge in [0.1, 0.15) is 0 Å². The highest BCUT2D eigenvalue weighted by molar-refractivity contribution is 9.10. The molecule has 2 nitrogen and oxygen atoms in total. The zero-order valence-electron chi connectivity index (χ0n) is 13.3. The van der Waals surface area contributed by atoms with Crippen molar-refractivity contribution in [3.8, 4) is 0 Å². The van der Waals surface area contributed by atoms with E-state index in [0.29, 0.717) is 6.04 Å². The van der Waals surface area contributed by atoms with E-state index in [9.17, 15) is 0 Å². The summed E-state index contributed by atoms with van der Waals surface area (Å²) in [4.78, 5) is 5.49. The molecule has 2 aliphatic rings. The Labute approximate surface area is 137 Å². The minimum Gasteiger partial charge on any atom is -0.298 e. The molecule has 2 aliphatic heterocycles. The Kier molecular flexibility index (Phi) is 5.03. The van der Waals surface area contributed by atoms with Gasteiger partial charge in [0.15, 0.2) is 0 Å². The summed E-state index contributed by atoms with van der Waals surface area (Å²) in [7, 11) is 0. The van der Waals surface area contributed by atoms with Gasteiger partial charge in [-0.2, -0.15) is 0 Å². The summed E-state index contributed by atoms with van der Waals surface area (Å²) < 4.78 is 1.25. The molecule has 2 fully saturated rings. The predicted octanol–water partition coefficient (Wildman–Crippen LogP) is 4.14. The summed E-state index contributed by atoms with van der Waals surface area (Å²) in [5.41, 5.74) is 1.42. The Hall–Kier alpha value is -0.380. The minimum absolute atomic E-state index is 0.687. The van der Waals surface area contributed by atoms with Crippen molar-refractivity contribution >= 4 is 15.9 Å². The van der Waals surface area contributed by atoms with Gasteiger partial charge in [0, 0.05) is 36.2 Å². The summed E-state index contributed by atoms with van der Waals surface area (Å²) in [5, 5.41) is 0. The van der Waals surface area contributed by atoms with Gasteiger partial charge in [-0.05, 0) is 36.9 Å². The standard InChI is InChI=1S/C18H27BrN2/c1-14(2)18-13-20-10-6-5-8-16(20)12-21(18)11-15-7-3-4-9-17(15)19/h3-4,7,9,14,16,18H,5-6,8,10-13H2,1-2H3. The first kappa shape index (κ1) is 15.5. The van der Waals surface area contributed by atoms with E-state index in [1.807, 2.05) is 0 Å². The minimum atomic E-state index is 0.687. The maximum atomic E-state index is 3.71. The number of nitrogens with zero attached hydrogens (tertiary/aromatic N) is 2. The highest BCUT2D eigenvalue weighted by atomic mass is 79.9. The molecule has 0 radical (unpaired) electrons. The van der Waals surface area contributed by atoms with Crippen LogP contribution in [-0.4, -0.2) is 41.5 Å². The molecular formula is C18H27BrN2. The first-order valence-corrected chi connectivity index (χ1v) is 9.16. The van der Waals surface area contributed by atoms with Crippen LogP contribution in [0.25, 0.3) is 0 Å². The number of rotatable bonds is 3. The van der Waals surface area contributed by atoms with Crippen molar-refractivity contribution in [3.05, 3.63) is 34.3 Å². The van der Waals surface area contributed by atoms with Crippen LogP contribution in [0.5, 0.6) is 0 Å². The molecule has 2 saturated heterocycles. The maximum Gasteiger partial charge on any atom is 0.0250 e. The van der Waals surface area contributed by atoms with E-state index in [-0.39, 0.29) is 0 Å². The van der Waals surface area contributed by atoms with Crippen molar-refractivity contribution in [2.24, 2.45) is 5.92 Å². The van der Waals surface area contributed by atoms with Crippen LogP contribution in [0.3, 0.4) is 0 Å². The van der Waals surface area contributed by atoms with Crippen LogP contribution in [0.2, 0.25) is 0 Å².